The lowest BCUT2D eigenvalue weighted by Gasteiger charge is -2.21. The molecule has 0 aliphatic carbocycles. The highest BCUT2D eigenvalue weighted by Crippen LogP contribution is 2.47. The van der Waals surface area contributed by atoms with Gasteiger partial charge in [-0.2, -0.15) is 31.6 Å². The van der Waals surface area contributed by atoms with Crippen LogP contribution in [0.4, 0.5) is 26.3 Å². The van der Waals surface area contributed by atoms with E-state index in [0.717, 1.165) is 116 Å². The van der Waals surface area contributed by atoms with Crippen LogP contribution in [0.15, 0.2) is 224 Å². The molecule has 0 fully saturated rings. The van der Waals surface area contributed by atoms with Gasteiger partial charge in [0.2, 0.25) is 0 Å². The number of nitriles is 1. The number of benzene rings is 11. The first-order valence-electron chi connectivity index (χ1n) is 26.9. The van der Waals surface area contributed by atoms with Crippen molar-refractivity contribution < 1.29 is 26.3 Å². The van der Waals surface area contributed by atoms with Crippen molar-refractivity contribution in [1.82, 2.24) is 9.13 Å². The largest absolute Gasteiger partial charge is 0.417 e. The standard InChI is InChI=1S/C73H49F6N3/c1-43-5-14-48(15-6-43)52-23-31-67-61(36-52)62-37-53(49-16-7-44(2)8-17-49)24-32-68(62)81(67)66-30-13-47(42-80)35-60(66)59-28-22-56(58-29-27-57(72(74,75)76)41-65(58)73(77,78)79)40-71(59)82-69-33-25-54(50-18-9-45(3)10-19-50)38-63(69)64-39-55(26-34-70(64)82)51-20-11-46(4)12-21-51/h5-41H,1-4H3. The van der Waals surface area contributed by atoms with Crippen molar-refractivity contribution in [3.8, 4) is 84.2 Å². The number of fused-ring (bicyclic) bond motifs is 6. The summed E-state index contributed by atoms with van der Waals surface area (Å²) in [5, 5.41) is 14.4. The van der Waals surface area contributed by atoms with Gasteiger partial charge in [-0.3, -0.25) is 0 Å². The predicted molar refractivity (Wildman–Crippen MR) is 321 cm³/mol. The molecule has 0 bridgehead atoms. The molecule has 0 aliphatic rings. The molecule has 3 nitrogen and oxygen atoms in total. The van der Waals surface area contributed by atoms with Crippen LogP contribution in [-0.2, 0) is 12.4 Å². The summed E-state index contributed by atoms with van der Waals surface area (Å²) in [6.45, 7) is 8.18. The van der Waals surface area contributed by atoms with E-state index in [-0.39, 0.29) is 11.6 Å². The van der Waals surface area contributed by atoms with Crippen molar-refractivity contribution in [3.63, 3.8) is 0 Å². The number of aryl methyl sites for hydroxylation is 4. The Morgan fingerprint density at radius 2 is 0.659 bits per heavy atom. The van der Waals surface area contributed by atoms with E-state index in [4.69, 9.17) is 0 Å². The summed E-state index contributed by atoms with van der Waals surface area (Å²) in [6.07, 6.45) is -10.2. The second kappa shape index (κ2) is 19.7. The van der Waals surface area contributed by atoms with Crippen LogP contribution >= 0.6 is 0 Å². The molecule has 0 N–H and O–H groups in total. The van der Waals surface area contributed by atoms with Gasteiger partial charge >= 0.3 is 12.4 Å². The molecule has 0 aliphatic heterocycles. The van der Waals surface area contributed by atoms with Gasteiger partial charge in [-0.15, -0.1) is 0 Å². The van der Waals surface area contributed by atoms with Gasteiger partial charge in [0.05, 0.1) is 56.2 Å². The molecular weight excluding hydrogens is 1030 g/mol. The summed E-state index contributed by atoms with van der Waals surface area (Å²) in [6, 6.07) is 73.1. The fourth-order valence-corrected chi connectivity index (χ4v) is 11.6. The summed E-state index contributed by atoms with van der Waals surface area (Å²) in [7, 11) is 0. The fourth-order valence-electron chi connectivity index (χ4n) is 11.6. The highest BCUT2D eigenvalue weighted by molar-refractivity contribution is 6.14. The predicted octanol–water partition coefficient (Wildman–Crippen LogP) is 21.0. The Balaban J connectivity index is 1.12. The normalized spacial score (nSPS) is 12.0. The van der Waals surface area contributed by atoms with Crippen LogP contribution in [0.5, 0.6) is 0 Å². The minimum atomic E-state index is -5.15. The molecular formula is C73H49F6N3. The summed E-state index contributed by atoms with van der Waals surface area (Å²) in [5.41, 5.74) is 15.2. The molecule has 2 heterocycles. The highest BCUT2D eigenvalue weighted by Gasteiger charge is 2.39. The van der Waals surface area contributed by atoms with Gasteiger partial charge in [-0.05, 0) is 168 Å². The maximum Gasteiger partial charge on any atom is 0.417 e. The SMILES string of the molecule is Cc1ccc(-c2ccc3c(c2)c2cc(-c4ccc(C)cc4)ccc2n3-c2ccc(C#N)cc2-c2ccc(-c3ccc(C(F)(F)F)cc3C(F)(F)F)cc2-n2c3ccc(-c4ccc(C)cc4)cc3c3cc(-c4ccc(C)cc4)ccc32)cc1. The smallest absolute Gasteiger partial charge is 0.309 e. The van der Waals surface area contributed by atoms with Crippen LogP contribution in [0.25, 0.3) is 122 Å². The van der Waals surface area contributed by atoms with E-state index >= 15 is 13.2 Å². The molecule has 0 unspecified atom stereocenters. The van der Waals surface area contributed by atoms with Crippen LogP contribution in [-0.4, -0.2) is 9.13 Å². The molecule has 398 valence electrons. The van der Waals surface area contributed by atoms with Crippen LogP contribution in [0.3, 0.4) is 0 Å². The summed E-state index contributed by atoms with van der Waals surface area (Å²) in [4.78, 5) is 0. The van der Waals surface area contributed by atoms with E-state index < -0.39 is 29.0 Å². The summed E-state index contributed by atoms with van der Waals surface area (Å²) in [5.74, 6) is 0. The zero-order valence-corrected chi connectivity index (χ0v) is 45.0. The second-order valence-corrected chi connectivity index (χ2v) is 21.4. The third kappa shape index (κ3) is 9.16. The Labute approximate surface area is 469 Å². The molecule has 0 atom stereocenters. The third-order valence-electron chi connectivity index (χ3n) is 15.9. The Morgan fingerprint density at radius 1 is 0.305 bits per heavy atom. The van der Waals surface area contributed by atoms with Crippen LogP contribution in [0, 0.1) is 39.0 Å². The minimum absolute atomic E-state index is 0.0458. The molecule has 0 amide bonds. The zero-order chi connectivity index (χ0) is 56.8. The number of hydrogen-bond acceptors (Lipinski definition) is 1. The molecule has 0 saturated heterocycles. The van der Waals surface area contributed by atoms with Crippen molar-refractivity contribution in [2.45, 2.75) is 40.0 Å². The average molecular weight is 1080 g/mol. The molecule has 9 heteroatoms. The zero-order valence-electron chi connectivity index (χ0n) is 45.0. The molecule has 11 aromatic carbocycles. The Hall–Kier alpha value is -9.91. The first kappa shape index (κ1) is 51.5. The first-order valence-corrected chi connectivity index (χ1v) is 26.9. The first-order chi connectivity index (χ1) is 39.5. The Morgan fingerprint density at radius 3 is 1.02 bits per heavy atom. The fraction of sp³-hybridized carbons (Fsp3) is 0.0822. The lowest BCUT2D eigenvalue weighted by molar-refractivity contribution is -0.142. The van der Waals surface area contributed by atoms with Gasteiger partial charge in [0.25, 0.3) is 0 Å². The van der Waals surface area contributed by atoms with Crippen molar-refractivity contribution in [1.29, 1.82) is 5.26 Å². The van der Waals surface area contributed by atoms with Crippen LogP contribution in [0.2, 0.25) is 0 Å². The van der Waals surface area contributed by atoms with Crippen LogP contribution < -0.4 is 0 Å². The van der Waals surface area contributed by atoms with Gasteiger partial charge in [-0.25, -0.2) is 0 Å². The number of hydrogen-bond donors (Lipinski definition) is 0. The summed E-state index contributed by atoms with van der Waals surface area (Å²) < 4.78 is 92.7. The van der Waals surface area contributed by atoms with Crippen molar-refractivity contribution in [2.75, 3.05) is 0 Å². The van der Waals surface area contributed by atoms with Crippen molar-refractivity contribution >= 4 is 43.6 Å². The van der Waals surface area contributed by atoms with Gasteiger partial charge in [0, 0.05) is 32.7 Å². The monoisotopic (exact) mass is 1080 g/mol. The topological polar surface area (TPSA) is 33.6 Å². The van der Waals surface area contributed by atoms with E-state index in [0.29, 0.717) is 34.1 Å². The Kier molecular flexibility index (Phi) is 12.4. The molecule has 13 aromatic rings. The van der Waals surface area contributed by atoms with Gasteiger partial charge < -0.3 is 9.13 Å². The van der Waals surface area contributed by atoms with Gasteiger partial charge in [0.1, 0.15) is 0 Å². The number of aromatic nitrogens is 2. The van der Waals surface area contributed by atoms with Crippen molar-refractivity contribution in [2.24, 2.45) is 0 Å². The quantitative estimate of drug-likeness (QED) is 0.140. The van der Waals surface area contributed by atoms with Crippen LogP contribution in [0.1, 0.15) is 38.9 Å². The second-order valence-electron chi connectivity index (χ2n) is 21.4. The molecule has 13 rings (SSSR count). The minimum Gasteiger partial charge on any atom is -0.309 e. The lowest BCUT2D eigenvalue weighted by Crippen LogP contribution is -2.12. The van der Waals surface area contributed by atoms with Crippen molar-refractivity contribution in [3.05, 3.63) is 263 Å². The van der Waals surface area contributed by atoms with E-state index in [2.05, 4.69) is 170 Å². The maximum atomic E-state index is 15.3. The average Bonchev–Trinajstić information content (AvgIpc) is 2.91. The molecule has 0 saturated carbocycles. The van der Waals surface area contributed by atoms with E-state index in [1.165, 1.54) is 6.07 Å². The number of halogens is 6. The van der Waals surface area contributed by atoms with Gasteiger partial charge in [-0.1, -0.05) is 162 Å². The van der Waals surface area contributed by atoms with E-state index in [9.17, 15) is 18.4 Å². The number of nitrogens with zero attached hydrogens (tertiary/aromatic N) is 3. The number of alkyl halides is 6. The Bertz CT molecular complexity index is 4520. The molecule has 0 radical (unpaired) electrons. The lowest BCUT2D eigenvalue weighted by atomic mass is 9.92. The number of rotatable bonds is 8. The highest BCUT2D eigenvalue weighted by atomic mass is 19.4. The molecule has 82 heavy (non-hydrogen) atoms. The van der Waals surface area contributed by atoms with Gasteiger partial charge in [0.15, 0.2) is 0 Å². The van der Waals surface area contributed by atoms with E-state index in [1.54, 1.807) is 18.2 Å². The maximum absolute atomic E-state index is 15.3. The summed E-state index contributed by atoms with van der Waals surface area (Å²) >= 11 is 0. The third-order valence-corrected chi connectivity index (χ3v) is 15.9. The molecule has 0 spiro atoms. The van der Waals surface area contributed by atoms with E-state index in [1.807, 2.05) is 54.8 Å². The molecule has 2 aromatic heterocycles.